The predicted molar refractivity (Wildman–Crippen MR) is 189 cm³/mol. The summed E-state index contributed by atoms with van der Waals surface area (Å²) in [6, 6.07) is 22.1. The molecule has 0 aliphatic carbocycles. The first-order valence-electron chi connectivity index (χ1n) is 16.2. The molecule has 2 aliphatic rings. The minimum absolute atomic E-state index is 0.00583. The summed E-state index contributed by atoms with van der Waals surface area (Å²) in [6.45, 7) is 3.12. The zero-order valence-electron chi connectivity index (χ0n) is 26.8. The van der Waals surface area contributed by atoms with E-state index in [2.05, 4.69) is 44.6 Å². The molecule has 0 radical (unpaired) electrons. The van der Waals surface area contributed by atoms with Crippen LogP contribution in [-0.2, 0) is 16.6 Å². The van der Waals surface area contributed by atoms with Crippen molar-refractivity contribution in [2.75, 3.05) is 37.8 Å². The van der Waals surface area contributed by atoms with Crippen molar-refractivity contribution in [3.8, 4) is 23.0 Å². The number of pyridine rings is 2. The first-order valence-corrected chi connectivity index (χ1v) is 18.1. The summed E-state index contributed by atoms with van der Waals surface area (Å²) in [5, 5.41) is 7.42. The fraction of sp³-hybridized carbons (Fsp3) is 0.297. The molecule has 2 aromatic carbocycles. The Morgan fingerprint density at radius 3 is 2.52 bits per heavy atom. The molecular weight excluding hydrogens is 623 g/mol. The van der Waals surface area contributed by atoms with Gasteiger partial charge in [0.2, 0.25) is 16.0 Å². The molecule has 7 rings (SSSR count). The molecule has 1 atom stereocenters. The Kier molecular flexibility index (Phi) is 9.04. The molecule has 48 heavy (non-hydrogen) atoms. The first-order chi connectivity index (χ1) is 23.3. The van der Waals surface area contributed by atoms with Crippen LogP contribution in [0.1, 0.15) is 41.9 Å². The highest BCUT2D eigenvalue weighted by Gasteiger charge is 2.24. The number of hydrogen-bond donors (Lipinski definition) is 2. The quantitative estimate of drug-likeness (QED) is 0.240. The summed E-state index contributed by atoms with van der Waals surface area (Å²) in [5.41, 5.74) is 5.61. The van der Waals surface area contributed by atoms with E-state index in [0.29, 0.717) is 54.4 Å². The van der Waals surface area contributed by atoms with Crippen molar-refractivity contribution in [1.29, 1.82) is 0 Å². The van der Waals surface area contributed by atoms with Crippen molar-refractivity contribution in [3.05, 3.63) is 112 Å². The molecule has 2 fully saturated rings. The Balaban J connectivity index is 1.24. The third-order valence-electron chi connectivity index (χ3n) is 9.18. The lowest BCUT2D eigenvalue weighted by Crippen LogP contribution is -2.37. The maximum atomic E-state index is 14.2. The lowest BCUT2D eigenvalue weighted by atomic mass is 9.98. The van der Waals surface area contributed by atoms with Gasteiger partial charge in [-0.2, -0.15) is 4.98 Å². The maximum absolute atomic E-state index is 14.2. The first kappa shape index (κ1) is 31.7. The van der Waals surface area contributed by atoms with Crippen LogP contribution in [0.25, 0.3) is 22.2 Å². The molecule has 0 bridgehead atoms. The maximum Gasteiger partial charge on any atom is 0.268 e. The molecule has 1 unspecified atom stereocenters. The van der Waals surface area contributed by atoms with Crippen LogP contribution in [0.5, 0.6) is 0 Å². The van der Waals surface area contributed by atoms with E-state index in [4.69, 9.17) is 4.98 Å². The van der Waals surface area contributed by atoms with Gasteiger partial charge in [0.05, 0.1) is 18.4 Å². The molecule has 0 saturated carbocycles. The average Bonchev–Trinajstić information content (AvgIpc) is 3.65. The molecule has 244 valence electrons. The minimum Gasteiger partial charge on any atom is -0.324 e. The third-order valence-corrected chi connectivity index (χ3v) is 10.5. The Morgan fingerprint density at radius 2 is 1.79 bits per heavy atom. The second kappa shape index (κ2) is 13.7. The SMILES string of the molecule is CS(=O)(=O)N1CCC(C#Cc2cc3cnc(Nc4ccc(C5CCNC5)cc4)nc3n(Cc3cnccc3-c3ccccc3)c2=O)CC1. The standard InChI is InChI=1S/C37H37N7O3S/c1-48(46,47)43-19-15-26(16-20-43)7-8-29-21-31-24-40-37(41-33-11-9-27(10-12-33)30-13-17-38-22-30)42-35(31)44(36(29)45)25-32-23-39-18-14-34(32)28-5-3-2-4-6-28/h2-6,9-12,14,18,21,23-24,26,30,38H,13,15-17,19-20,22,25H2,1H3,(H,40,41,42). The summed E-state index contributed by atoms with van der Waals surface area (Å²) in [6.07, 6.45) is 8.86. The van der Waals surface area contributed by atoms with Crippen LogP contribution in [0.15, 0.2) is 90.1 Å². The average molecular weight is 660 g/mol. The molecule has 0 amide bonds. The summed E-state index contributed by atoms with van der Waals surface area (Å²) in [4.78, 5) is 28.0. The fourth-order valence-corrected chi connectivity index (χ4v) is 7.37. The van der Waals surface area contributed by atoms with E-state index >= 15 is 0 Å². The molecule has 10 nitrogen and oxygen atoms in total. The van der Waals surface area contributed by atoms with E-state index in [0.717, 1.165) is 41.9 Å². The highest BCUT2D eigenvalue weighted by atomic mass is 32.2. The van der Waals surface area contributed by atoms with Crippen LogP contribution in [0.4, 0.5) is 11.6 Å². The second-order valence-electron chi connectivity index (χ2n) is 12.5. The van der Waals surface area contributed by atoms with Gasteiger partial charge in [-0.15, -0.1) is 0 Å². The lowest BCUT2D eigenvalue weighted by Gasteiger charge is -2.27. The van der Waals surface area contributed by atoms with Crippen LogP contribution < -0.4 is 16.2 Å². The molecule has 2 N–H and O–H groups in total. The normalized spacial score (nSPS) is 17.2. The van der Waals surface area contributed by atoms with E-state index in [9.17, 15) is 13.2 Å². The zero-order chi connectivity index (χ0) is 33.1. The minimum atomic E-state index is -3.23. The van der Waals surface area contributed by atoms with Crippen molar-refractivity contribution in [2.45, 2.75) is 31.7 Å². The highest BCUT2D eigenvalue weighted by Crippen LogP contribution is 2.27. The lowest BCUT2D eigenvalue weighted by molar-refractivity contribution is 0.313. The Bertz CT molecular complexity index is 2160. The zero-order valence-corrected chi connectivity index (χ0v) is 27.6. The van der Waals surface area contributed by atoms with Crippen molar-refractivity contribution < 1.29 is 8.42 Å². The van der Waals surface area contributed by atoms with Gasteiger partial charge in [0.15, 0.2) is 0 Å². The number of nitrogens with one attached hydrogen (secondary N) is 2. The van der Waals surface area contributed by atoms with Gasteiger partial charge in [-0.3, -0.25) is 14.3 Å². The van der Waals surface area contributed by atoms with Crippen molar-refractivity contribution >= 4 is 32.7 Å². The molecule has 3 aromatic heterocycles. The van der Waals surface area contributed by atoms with Crippen molar-refractivity contribution in [3.63, 3.8) is 0 Å². The second-order valence-corrected chi connectivity index (χ2v) is 14.4. The molecule has 0 spiro atoms. The van der Waals surface area contributed by atoms with Crippen LogP contribution in [0, 0.1) is 17.8 Å². The Hall–Kier alpha value is -4.89. The third kappa shape index (κ3) is 7.01. The largest absolute Gasteiger partial charge is 0.324 e. The van der Waals surface area contributed by atoms with E-state index in [1.165, 1.54) is 16.1 Å². The highest BCUT2D eigenvalue weighted by molar-refractivity contribution is 7.88. The molecule has 2 saturated heterocycles. The molecule has 5 heterocycles. The van der Waals surface area contributed by atoms with Crippen LogP contribution in [-0.4, -0.2) is 64.7 Å². The summed E-state index contributed by atoms with van der Waals surface area (Å²) < 4.78 is 27.0. The fourth-order valence-electron chi connectivity index (χ4n) is 6.50. The Labute approximate surface area is 280 Å². The molecule has 5 aromatic rings. The summed E-state index contributed by atoms with van der Waals surface area (Å²) >= 11 is 0. The van der Waals surface area contributed by atoms with Gasteiger partial charge in [0.1, 0.15) is 5.65 Å². The summed E-state index contributed by atoms with van der Waals surface area (Å²) in [7, 11) is -3.23. The number of anilines is 2. The van der Waals surface area contributed by atoms with Gasteiger partial charge in [-0.1, -0.05) is 54.3 Å². The number of aromatic nitrogens is 4. The number of nitrogens with zero attached hydrogens (tertiary/aromatic N) is 5. The van der Waals surface area contributed by atoms with Gasteiger partial charge in [0.25, 0.3) is 5.56 Å². The van der Waals surface area contributed by atoms with E-state index in [1.54, 1.807) is 29.2 Å². The van der Waals surface area contributed by atoms with Gasteiger partial charge in [0, 0.05) is 55.2 Å². The van der Waals surface area contributed by atoms with Crippen LogP contribution in [0.3, 0.4) is 0 Å². The van der Waals surface area contributed by atoms with Crippen molar-refractivity contribution in [1.82, 2.24) is 29.1 Å². The van der Waals surface area contributed by atoms with Gasteiger partial charge in [-0.25, -0.2) is 17.7 Å². The number of hydrogen-bond acceptors (Lipinski definition) is 8. The van der Waals surface area contributed by atoms with Gasteiger partial charge >= 0.3 is 0 Å². The molecule has 11 heteroatoms. The number of rotatable bonds is 7. The monoisotopic (exact) mass is 659 g/mol. The predicted octanol–water partition coefficient (Wildman–Crippen LogP) is 4.75. The van der Waals surface area contributed by atoms with Gasteiger partial charge in [-0.05, 0) is 78.2 Å². The summed E-state index contributed by atoms with van der Waals surface area (Å²) in [5.74, 6) is 7.30. The van der Waals surface area contributed by atoms with E-state index in [1.807, 2.05) is 48.5 Å². The number of sulfonamides is 1. The van der Waals surface area contributed by atoms with Crippen LogP contribution in [0.2, 0.25) is 0 Å². The molecular formula is C37H37N7O3S. The van der Waals surface area contributed by atoms with Crippen LogP contribution >= 0.6 is 0 Å². The van der Waals surface area contributed by atoms with Gasteiger partial charge < -0.3 is 10.6 Å². The topological polar surface area (TPSA) is 122 Å². The Morgan fingerprint density at radius 1 is 1.00 bits per heavy atom. The molecule has 2 aliphatic heterocycles. The van der Waals surface area contributed by atoms with E-state index < -0.39 is 10.0 Å². The van der Waals surface area contributed by atoms with Crippen molar-refractivity contribution in [2.24, 2.45) is 5.92 Å². The number of piperidine rings is 1. The number of benzene rings is 2. The smallest absolute Gasteiger partial charge is 0.268 e. The number of fused-ring (bicyclic) bond motifs is 1. The van der Waals surface area contributed by atoms with E-state index in [-0.39, 0.29) is 18.0 Å².